The van der Waals surface area contributed by atoms with Gasteiger partial charge in [-0.2, -0.15) is 5.10 Å². The fourth-order valence-electron chi connectivity index (χ4n) is 3.95. The highest BCUT2D eigenvalue weighted by atomic mass is 16.3. The number of hydrogen-bond acceptors (Lipinski definition) is 5. The minimum absolute atomic E-state index is 0.0472. The van der Waals surface area contributed by atoms with Gasteiger partial charge in [0.1, 0.15) is 0 Å². The summed E-state index contributed by atoms with van der Waals surface area (Å²) in [6, 6.07) is 3.88. The second-order valence-corrected chi connectivity index (χ2v) is 8.34. The van der Waals surface area contributed by atoms with Crippen molar-refractivity contribution in [2.75, 3.05) is 31.1 Å². The van der Waals surface area contributed by atoms with Crippen molar-refractivity contribution < 1.29 is 9.90 Å². The molecule has 0 radical (unpaired) electrons. The molecule has 1 amide bonds. The molecule has 2 heterocycles. The summed E-state index contributed by atoms with van der Waals surface area (Å²) in [6.45, 7) is 3.81. The molecular formula is C21H28N4O2. The Hall–Kier alpha value is -2.21. The fraction of sp³-hybridized carbons (Fsp3) is 0.571. The van der Waals surface area contributed by atoms with Crippen molar-refractivity contribution in [2.24, 2.45) is 11.3 Å². The van der Waals surface area contributed by atoms with E-state index in [2.05, 4.69) is 32.6 Å². The van der Waals surface area contributed by atoms with Gasteiger partial charge in [0.15, 0.2) is 5.82 Å². The molecule has 0 atom stereocenters. The Morgan fingerprint density at radius 3 is 2.67 bits per heavy atom. The molecule has 27 heavy (non-hydrogen) atoms. The summed E-state index contributed by atoms with van der Waals surface area (Å²) in [5.74, 6) is 1.69. The van der Waals surface area contributed by atoms with E-state index in [0.29, 0.717) is 26.1 Å². The highest BCUT2D eigenvalue weighted by Gasteiger charge is 2.43. The number of nitrogens with zero attached hydrogens (tertiary/aromatic N) is 3. The van der Waals surface area contributed by atoms with Crippen LogP contribution in [0.5, 0.6) is 0 Å². The third-order valence-corrected chi connectivity index (χ3v) is 5.91. The maximum atomic E-state index is 12.3. The Balaban J connectivity index is 1.25. The number of aryl methyl sites for hydroxylation is 1. The van der Waals surface area contributed by atoms with E-state index in [0.717, 1.165) is 30.3 Å². The number of aliphatic hydroxyl groups is 1. The molecule has 4 rings (SSSR count). The Morgan fingerprint density at radius 2 is 2.07 bits per heavy atom. The van der Waals surface area contributed by atoms with Crippen molar-refractivity contribution in [3.63, 3.8) is 0 Å². The maximum Gasteiger partial charge on any atom is 0.224 e. The molecular weight excluding hydrogens is 340 g/mol. The van der Waals surface area contributed by atoms with Gasteiger partial charge in [0, 0.05) is 31.5 Å². The summed E-state index contributed by atoms with van der Waals surface area (Å²) in [5, 5.41) is 21.1. The largest absolute Gasteiger partial charge is 0.396 e. The van der Waals surface area contributed by atoms with Crippen LogP contribution in [0.25, 0.3) is 0 Å². The number of allylic oxidation sites excluding steroid dienone is 3. The van der Waals surface area contributed by atoms with Crippen molar-refractivity contribution in [2.45, 2.75) is 39.0 Å². The van der Waals surface area contributed by atoms with Crippen molar-refractivity contribution >= 4 is 11.7 Å². The lowest BCUT2D eigenvalue weighted by Gasteiger charge is -2.49. The predicted octanol–water partition coefficient (Wildman–Crippen LogP) is 2.15. The molecule has 0 bridgehead atoms. The minimum atomic E-state index is -0.289. The van der Waals surface area contributed by atoms with E-state index in [9.17, 15) is 9.90 Å². The van der Waals surface area contributed by atoms with Gasteiger partial charge in [-0.3, -0.25) is 4.79 Å². The number of amides is 1. The highest BCUT2D eigenvalue weighted by molar-refractivity contribution is 5.78. The molecule has 1 aromatic rings. The standard InChI is InChI=1S/C21H28N4O2/c1-15-2-9-19(24-23-15)25-12-21(13-25,14-26)11-22-20(27)10-16-3-5-17(6-4-16)18-7-8-18/h2-3,5,9,18,26H,4,6-8,10-14H2,1H3,(H,22,27). The number of aliphatic hydroxyl groups excluding tert-OH is 1. The van der Waals surface area contributed by atoms with Crippen LogP contribution in [0.4, 0.5) is 5.82 Å². The first-order chi connectivity index (χ1) is 13.1. The maximum absolute atomic E-state index is 12.3. The van der Waals surface area contributed by atoms with Crippen LogP contribution in [0.1, 0.15) is 37.8 Å². The molecule has 6 nitrogen and oxygen atoms in total. The van der Waals surface area contributed by atoms with E-state index in [1.165, 1.54) is 18.4 Å². The number of anilines is 1. The summed E-state index contributed by atoms with van der Waals surface area (Å²) in [4.78, 5) is 14.4. The second kappa shape index (κ2) is 7.43. The number of rotatable bonds is 7. The average Bonchev–Trinajstić information content (AvgIpc) is 3.48. The van der Waals surface area contributed by atoms with E-state index in [4.69, 9.17) is 0 Å². The zero-order chi connectivity index (χ0) is 18.9. The van der Waals surface area contributed by atoms with Gasteiger partial charge in [0.25, 0.3) is 0 Å². The lowest BCUT2D eigenvalue weighted by atomic mass is 9.80. The van der Waals surface area contributed by atoms with Crippen LogP contribution in [-0.2, 0) is 4.79 Å². The summed E-state index contributed by atoms with van der Waals surface area (Å²) in [6.07, 6.45) is 9.61. The van der Waals surface area contributed by atoms with Crippen LogP contribution >= 0.6 is 0 Å². The number of nitrogens with one attached hydrogen (secondary N) is 1. The molecule has 1 saturated heterocycles. The van der Waals surface area contributed by atoms with E-state index in [1.807, 2.05) is 19.1 Å². The lowest BCUT2D eigenvalue weighted by Crippen LogP contribution is -2.63. The van der Waals surface area contributed by atoms with Gasteiger partial charge in [0.05, 0.1) is 12.3 Å². The molecule has 2 aliphatic carbocycles. The van der Waals surface area contributed by atoms with Crippen molar-refractivity contribution in [3.8, 4) is 0 Å². The first kappa shape index (κ1) is 18.2. The Labute approximate surface area is 160 Å². The SMILES string of the molecule is Cc1ccc(N2CC(CO)(CNC(=O)CC3=CC=C(C4CC4)CC3)C2)nn1. The number of hydrogen-bond donors (Lipinski definition) is 2. The van der Waals surface area contributed by atoms with Crippen molar-refractivity contribution in [3.05, 3.63) is 41.1 Å². The zero-order valence-corrected chi connectivity index (χ0v) is 15.9. The Morgan fingerprint density at radius 1 is 1.26 bits per heavy atom. The zero-order valence-electron chi connectivity index (χ0n) is 15.9. The smallest absolute Gasteiger partial charge is 0.224 e. The Kier molecular flexibility index (Phi) is 5.00. The molecule has 6 heteroatoms. The molecule has 0 unspecified atom stereocenters. The van der Waals surface area contributed by atoms with Gasteiger partial charge in [-0.15, -0.1) is 5.10 Å². The molecule has 0 spiro atoms. The monoisotopic (exact) mass is 368 g/mol. The van der Waals surface area contributed by atoms with Crippen molar-refractivity contribution in [1.29, 1.82) is 0 Å². The first-order valence-electron chi connectivity index (χ1n) is 9.88. The van der Waals surface area contributed by atoms with Gasteiger partial charge >= 0.3 is 0 Å². The first-order valence-corrected chi connectivity index (χ1v) is 9.88. The topological polar surface area (TPSA) is 78.4 Å². The predicted molar refractivity (Wildman–Crippen MR) is 104 cm³/mol. The van der Waals surface area contributed by atoms with Gasteiger partial charge in [-0.25, -0.2) is 0 Å². The molecule has 2 N–H and O–H groups in total. The van der Waals surface area contributed by atoms with Crippen LogP contribution in [0.2, 0.25) is 0 Å². The van der Waals surface area contributed by atoms with Gasteiger partial charge in [-0.1, -0.05) is 23.3 Å². The third-order valence-electron chi connectivity index (χ3n) is 5.91. The molecule has 1 aromatic heterocycles. The van der Waals surface area contributed by atoms with Gasteiger partial charge in [-0.05, 0) is 50.7 Å². The van der Waals surface area contributed by atoms with E-state index >= 15 is 0 Å². The number of carbonyl (C=O) groups excluding carboxylic acids is 1. The summed E-state index contributed by atoms with van der Waals surface area (Å²) < 4.78 is 0. The summed E-state index contributed by atoms with van der Waals surface area (Å²) >= 11 is 0. The summed E-state index contributed by atoms with van der Waals surface area (Å²) in [5.41, 5.74) is 3.37. The van der Waals surface area contributed by atoms with Crippen LogP contribution in [0.15, 0.2) is 35.4 Å². The molecule has 1 aliphatic heterocycles. The molecule has 144 valence electrons. The van der Waals surface area contributed by atoms with Crippen LogP contribution in [-0.4, -0.2) is 47.5 Å². The van der Waals surface area contributed by atoms with Crippen LogP contribution < -0.4 is 10.2 Å². The minimum Gasteiger partial charge on any atom is -0.396 e. The normalized spacial score (nSPS) is 21.2. The summed E-state index contributed by atoms with van der Waals surface area (Å²) in [7, 11) is 0. The van der Waals surface area contributed by atoms with Crippen LogP contribution in [0.3, 0.4) is 0 Å². The van der Waals surface area contributed by atoms with E-state index in [1.54, 1.807) is 5.57 Å². The van der Waals surface area contributed by atoms with Gasteiger partial charge < -0.3 is 15.3 Å². The fourth-order valence-corrected chi connectivity index (χ4v) is 3.95. The Bertz CT molecular complexity index is 759. The number of aromatic nitrogens is 2. The average molecular weight is 368 g/mol. The molecule has 3 aliphatic rings. The van der Waals surface area contributed by atoms with E-state index in [-0.39, 0.29) is 17.9 Å². The second-order valence-electron chi connectivity index (χ2n) is 8.34. The third kappa shape index (κ3) is 4.21. The van der Waals surface area contributed by atoms with Gasteiger partial charge in [0.2, 0.25) is 5.91 Å². The highest BCUT2D eigenvalue weighted by Crippen LogP contribution is 2.40. The lowest BCUT2D eigenvalue weighted by molar-refractivity contribution is -0.121. The van der Waals surface area contributed by atoms with Crippen LogP contribution in [0, 0.1) is 18.3 Å². The number of carbonyl (C=O) groups is 1. The quantitative estimate of drug-likeness (QED) is 0.771. The van der Waals surface area contributed by atoms with Crippen molar-refractivity contribution in [1.82, 2.24) is 15.5 Å². The molecule has 1 saturated carbocycles. The molecule has 2 fully saturated rings. The van der Waals surface area contributed by atoms with E-state index < -0.39 is 0 Å². The molecule has 0 aromatic carbocycles.